The topological polar surface area (TPSA) is 26.3 Å². The van der Waals surface area contributed by atoms with E-state index in [1.807, 2.05) is 6.07 Å². The maximum absolute atomic E-state index is 11.3. The third-order valence-electron chi connectivity index (χ3n) is 3.02. The van der Waals surface area contributed by atoms with Crippen LogP contribution in [0.15, 0.2) is 24.3 Å². The van der Waals surface area contributed by atoms with Crippen molar-refractivity contribution in [2.24, 2.45) is 0 Å². The molecule has 0 radical (unpaired) electrons. The number of alkyl halides is 1. The Bertz CT molecular complexity index is 464. The van der Waals surface area contributed by atoms with Crippen LogP contribution in [-0.2, 0) is 21.8 Å². The van der Waals surface area contributed by atoms with Crippen LogP contribution in [0.5, 0.6) is 0 Å². The number of halogens is 1. The number of carbonyl (C=O) groups excluding carboxylic acids is 1. The van der Waals surface area contributed by atoms with Crippen molar-refractivity contribution in [2.75, 3.05) is 6.61 Å². The van der Waals surface area contributed by atoms with E-state index < -0.39 is 0 Å². The van der Waals surface area contributed by atoms with Gasteiger partial charge in [-0.15, -0.1) is 11.6 Å². The first-order valence-corrected chi connectivity index (χ1v) is 6.47. The van der Waals surface area contributed by atoms with Crippen molar-refractivity contribution < 1.29 is 9.53 Å². The van der Waals surface area contributed by atoms with Crippen LogP contribution in [-0.4, -0.2) is 12.6 Å². The van der Waals surface area contributed by atoms with Crippen LogP contribution in [0, 0.1) is 13.8 Å². The largest absolute Gasteiger partial charge is 0.462 e. The summed E-state index contributed by atoms with van der Waals surface area (Å²) in [6.07, 6.45) is 0.710. The number of hydrogen-bond acceptors (Lipinski definition) is 2. The van der Waals surface area contributed by atoms with Gasteiger partial charge in [0.15, 0.2) is 0 Å². The smallest absolute Gasteiger partial charge is 0.333 e. The lowest BCUT2D eigenvalue weighted by Crippen LogP contribution is -2.09. The molecule has 0 amide bonds. The molecule has 98 valence electrons. The lowest BCUT2D eigenvalue weighted by Gasteiger charge is -2.13. The molecule has 0 fully saturated rings. The SMILES string of the molecule is C=C(C)C(=O)OCCc1c(C)ccc(CCl)c1C. The highest BCUT2D eigenvalue weighted by Gasteiger charge is 2.08. The minimum atomic E-state index is -0.334. The number of hydrogen-bond donors (Lipinski definition) is 0. The fourth-order valence-corrected chi connectivity index (χ4v) is 2.13. The van der Waals surface area contributed by atoms with E-state index in [2.05, 4.69) is 26.5 Å². The van der Waals surface area contributed by atoms with Crippen molar-refractivity contribution in [3.63, 3.8) is 0 Å². The number of esters is 1. The van der Waals surface area contributed by atoms with Crippen molar-refractivity contribution in [3.8, 4) is 0 Å². The van der Waals surface area contributed by atoms with Gasteiger partial charge in [-0.25, -0.2) is 4.79 Å². The molecule has 3 heteroatoms. The summed E-state index contributed by atoms with van der Waals surface area (Å²) in [5, 5.41) is 0. The molecule has 0 saturated heterocycles. The van der Waals surface area contributed by atoms with Crippen LogP contribution in [0.4, 0.5) is 0 Å². The third-order valence-corrected chi connectivity index (χ3v) is 3.31. The van der Waals surface area contributed by atoms with Crippen molar-refractivity contribution in [2.45, 2.75) is 33.1 Å². The predicted molar refractivity (Wildman–Crippen MR) is 75.0 cm³/mol. The standard InChI is InChI=1S/C15H19ClO2/c1-10(2)15(17)18-8-7-14-11(3)5-6-13(9-16)12(14)4/h5-6H,1,7-9H2,2-4H3. The maximum atomic E-state index is 11.3. The monoisotopic (exact) mass is 266 g/mol. The van der Waals surface area contributed by atoms with Gasteiger partial charge in [0.1, 0.15) is 0 Å². The summed E-state index contributed by atoms with van der Waals surface area (Å²) in [5.74, 6) is 0.170. The molecular weight excluding hydrogens is 248 g/mol. The van der Waals surface area contributed by atoms with Gasteiger partial charge in [-0.3, -0.25) is 0 Å². The highest BCUT2D eigenvalue weighted by atomic mass is 35.5. The molecule has 0 saturated carbocycles. The van der Waals surface area contributed by atoms with Gasteiger partial charge in [-0.2, -0.15) is 0 Å². The molecule has 0 spiro atoms. The van der Waals surface area contributed by atoms with Gasteiger partial charge < -0.3 is 4.74 Å². The van der Waals surface area contributed by atoms with Crippen molar-refractivity contribution in [3.05, 3.63) is 46.5 Å². The molecule has 0 N–H and O–H groups in total. The molecule has 0 aliphatic carbocycles. The number of benzene rings is 1. The Morgan fingerprint density at radius 1 is 1.39 bits per heavy atom. The minimum Gasteiger partial charge on any atom is -0.462 e. The summed E-state index contributed by atoms with van der Waals surface area (Å²) in [6.45, 7) is 9.68. The molecule has 0 aliphatic rings. The zero-order chi connectivity index (χ0) is 13.7. The van der Waals surface area contributed by atoms with Gasteiger partial charge >= 0.3 is 5.97 Å². The number of aryl methyl sites for hydroxylation is 1. The molecule has 1 rings (SSSR count). The van der Waals surface area contributed by atoms with Gasteiger partial charge in [0.25, 0.3) is 0 Å². The summed E-state index contributed by atoms with van der Waals surface area (Å²) >= 11 is 5.89. The summed E-state index contributed by atoms with van der Waals surface area (Å²) in [6, 6.07) is 4.10. The second-order valence-corrected chi connectivity index (χ2v) is 4.71. The molecule has 1 aromatic carbocycles. The van der Waals surface area contributed by atoms with E-state index in [9.17, 15) is 4.79 Å². The first kappa shape index (κ1) is 14.8. The number of rotatable bonds is 5. The summed E-state index contributed by atoms with van der Waals surface area (Å²) < 4.78 is 5.12. The Kier molecular flexibility index (Phi) is 5.42. The lowest BCUT2D eigenvalue weighted by atomic mass is 9.96. The Morgan fingerprint density at radius 3 is 2.61 bits per heavy atom. The zero-order valence-electron chi connectivity index (χ0n) is 11.2. The number of ether oxygens (including phenoxy) is 1. The molecule has 0 bridgehead atoms. The predicted octanol–water partition coefficient (Wildman–Crippen LogP) is 3.70. The van der Waals surface area contributed by atoms with Crippen LogP contribution in [0.1, 0.15) is 29.2 Å². The van der Waals surface area contributed by atoms with Crippen molar-refractivity contribution in [1.29, 1.82) is 0 Å². The minimum absolute atomic E-state index is 0.334. The van der Waals surface area contributed by atoms with Crippen LogP contribution >= 0.6 is 11.6 Å². The quantitative estimate of drug-likeness (QED) is 0.461. The Hall–Kier alpha value is -1.28. The molecule has 0 atom stereocenters. The summed E-state index contributed by atoms with van der Waals surface area (Å²) in [4.78, 5) is 11.3. The zero-order valence-corrected chi connectivity index (χ0v) is 11.9. The lowest BCUT2D eigenvalue weighted by molar-refractivity contribution is -0.138. The van der Waals surface area contributed by atoms with Gasteiger partial charge in [0.05, 0.1) is 6.61 Å². The first-order chi connectivity index (χ1) is 8.47. The average molecular weight is 267 g/mol. The Balaban J connectivity index is 2.73. The molecule has 0 aliphatic heterocycles. The fourth-order valence-electron chi connectivity index (χ4n) is 1.84. The fraction of sp³-hybridized carbons (Fsp3) is 0.400. The summed E-state index contributed by atoms with van der Waals surface area (Å²) in [7, 11) is 0. The van der Waals surface area contributed by atoms with E-state index in [1.54, 1.807) is 6.92 Å². The van der Waals surface area contributed by atoms with E-state index in [4.69, 9.17) is 16.3 Å². The van der Waals surface area contributed by atoms with Crippen LogP contribution < -0.4 is 0 Å². The average Bonchev–Trinajstić information content (AvgIpc) is 2.33. The first-order valence-electron chi connectivity index (χ1n) is 5.94. The van der Waals surface area contributed by atoms with E-state index in [0.29, 0.717) is 24.5 Å². The van der Waals surface area contributed by atoms with Crippen LogP contribution in [0.3, 0.4) is 0 Å². The van der Waals surface area contributed by atoms with E-state index in [1.165, 1.54) is 16.7 Å². The van der Waals surface area contributed by atoms with Gasteiger partial charge in [-0.05, 0) is 43.0 Å². The summed E-state index contributed by atoms with van der Waals surface area (Å²) in [5.41, 5.74) is 5.16. The van der Waals surface area contributed by atoms with E-state index >= 15 is 0 Å². The number of carbonyl (C=O) groups is 1. The highest BCUT2D eigenvalue weighted by molar-refractivity contribution is 6.17. The second-order valence-electron chi connectivity index (χ2n) is 4.45. The molecule has 0 aromatic heterocycles. The maximum Gasteiger partial charge on any atom is 0.333 e. The van der Waals surface area contributed by atoms with E-state index in [-0.39, 0.29) is 5.97 Å². The van der Waals surface area contributed by atoms with Crippen LogP contribution in [0.2, 0.25) is 0 Å². The second kappa shape index (κ2) is 6.60. The Morgan fingerprint density at radius 2 is 2.06 bits per heavy atom. The normalized spacial score (nSPS) is 10.2. The molecule has 18 heavy (non-hydrogen) atoms. The van der Waals surface area contributed by atoms with Crippen molar-refractivity contribution >= 4 is 17.6 Å². The van der Waals surface area contributed by atoms with Gasteiger partial charge in [0, 0.05) is 17.9 Å². The third kappa shape index (κ3) is 3.61. The molecular formula is C15H19ClO2. The van der Waals surface area contributed by atoms with E-state index in [0.717, 1.165) is 5.56 Å². The molecule has 1 aromatic rings. The Labute approximate surface area is 114 Å². The van der Waals surface area contributed by atoms with Gasteiger partial charge in [-0.1, -0.05) is 18.7 Å². The van der Waals surface area contributed by atoms with Gasteiger partial charge in [0.2, 0.25) is 0 Å². The molecule has 0 unspecified atom stereocenters. The molecule has 2 nitrogen and oxygen atoms in total. The molecule has 0 heterocycles. The van der Waals surface area contributed by atoms with Crippen molar-refractivity contribution in [1.82, 2.24) is 0 Å². The van der Waals surface area contributed by atoms with Crippen LogP contribution in [0.25, 0.3) is 0 Å². The highest BCUT2D eigenvalue weighted by Crippen LogP contribution is 2.20.